The largest absolute Gasteiger partial charge is 0.391 e. The van der Waals surface area contributed by atoms with Gasteiger partial charge in [0.2, 0.25) is 0 Å². The highest BCUT2D eigenvalue weighted by molar-refractivity contribution is 7.40. The van der Waals surface area contributed by atoms with Gasteiger partial charge in [-0.25, -0.2) is 0 Å². The van der Waals surface area contributed by atoms with Crippen LogP contribution in [-0.4, -0.2) is 6.29 Å². The van der Waals surface area contributed by atoms with Crippen molar-refractivity contribution >= 4 is 43.4 Å². The Morgan fingerprint density at radius 3 is 2.82 bits per heavy atom. The zero-order chi connectivity index (χ0) is 7.84. The first kappa shape index (κ1) is 6.82. The van der Waals surface area contributed by atoms with Crippen LogP contribution in [0.2, 0.25) is 0 Å². The van der Waals surface area contributed by atoms with E-state index < -0.39 is 0 Å². The lowest BCUT2D eigenvalue weighted by molar-refractivity contribution is 0.112. The molecule has 11 heavy (non-hydrogen) atoms. The summed E-state index contributed by atoms with van der Waals surface area (Å²) in [5.74, 6) is 0. The minimum absolute atomic E-state index is 0.770. The van der Waals surface area contributed by atoms with Gasteiger partial charge in [0, 0.05) is 5.39 Å². The van der Waals surface area contributed by atoms with Gasteiger partial charge in [0.15, 0.2) is 6.29 Å². The monoisotopic (exact) mass is 183 g/mol. The fourth-order valence-corrected chi connectivity index (χ4v) is 3.00. The van der Waals surface area contributed by atoms with Gasteiger partial charge in [0.25, 0.3) is 0 Å². The number of rotatable bonds is 1. The summed E-state index contributed by atoms with van der Waals surface area (Å²) in [7, 11) is 0. The highest BCUT2D eigenvalue weighted by Gasteiger charge is 2.03. The summed E-state index contributed by atoms with van der Waals surface area (Å²) in [6, 6.07) is 3.75. The van der Waals surface area contributed by atoms with E-state index in [0.29, 0.717) is 0 Å². The van der Waals surface area contributed by atoms with Crippen LogP contribution in [-0.2, 0) is 0 Å². The molecule has 0 saturated heterocycles. The summed E-state index contributed by atoms with van der Waals surface area (Å²) in [5.41, 5.74) is 5.56. The van der Waals surface area contributed by atoms with Crippen LogP contribution in [0.4, 0.5) is 5.00 Å². The fraction of sp³-hybridized carbons (Fsp3) is 0. The van der Waals surface area contributed by atoms with Crippen molar-refractivity contribution in [3.8, 4) is 0 Å². The van der Waals surface area contributed by atoms with E-state index in [2.05, 4.69) is 0 Å². The second kappa shape index (κ2) is 2.32. The molecule has 56 valence electrons. The highest BCUT2D eigenvalue weighted by atomic mass is 32.2. The van der Waals surface area contributed by atoms with Gasteiger partial charge in [-0.15, -0.1) is 22.7 Å². The smallest absolute Gasteiger partial charge is 0.160 e. The van der Waals surface area contributed by atoms with E-state index >= 15 is 0 Å². The lowest BCUT2D eigenvalue weighted by Gasteiger charge is -1.75. The average molecular weight is 183 g/mol. The van der Waals surface area contributed by atoms with Crippen molar-refractivity contribution in [3.63, 3.8) is 0 Å². The van der Waals surface area contributed by atoms with Crippen molar-refractivity contribution < 1.29 is 4.79 Å². The topological polar surface area (TPSA) is 43.1 Å². The molecule has 2 heterocycles. The van der Waals surface area contributed by atoms with E-state index in [-0.39, 0.29) is 0 Å². The Bertz CT molecular complexity index is 370. The lowest BCUT2D eigenvalue weighted by atomic mass is 10.4. The van der Waals surface area contributed by atoms with Gasteiger partial charge in [-0.1, -0.05) is 0 Å². The van der Waals surface area contributed by atoms with Crippen LogP contribution in [0.1, 0.15) is 9.67 Å². The van der Waals surface area contributed by atoms with Gasteiger partial charge < -0.3 is 5.73 Å². The van der Waals surface area contributed by atoms with Crippen LogP contribution >= 0.6 is 22.7 Å². The number of aldehydes is 1. The van der Waals surface area contributed by atoms with Crippen LogP contribution in [0, 0.1) is 0 Å². The first-order valence-corrected chi connectivity index (χ1v) is 4.67. The van der Waals surface area contributed by atoms with E-state index in [4.69, 9.17) is 5.73 Å². The number of nitrogens with two attached hydrogens (primary N) is 1. The molecule has 0 saturated carbocycles. The van der Waals surface area contributed by atoms with Gasteiger partial charge >= 0.3 is 0 Å². The van der Waals surface area contributed by atoms with Crippen molar-refractivity contribution in [1.29, 1.82) is 0 Å². The van der Waals surface area contributed by atoms with Crippen LogP contribution in [0.5, 0.6) is 0 Å². The molecule has 0 aliphatic rings. The number of carbonyl (C=O) groups is 1. The van der Waals surface area contributed by atoms with E-state index in [1.54, 1.807) is 0 Å². The average Bonchev–Trinajstić information content (AvgIpc) is 2.43. The Hall–Kier alpha value is -0.870. The SMILES string of the molecule is Nc1cc2cc(C=O)sc2s1. The predicted molar refractivity (Wildman–Crippen MR) is 49.5 cm³/mol. The molecule has 2 aromatic rings. The number of hydrogen-bond donors (Lipinski definition) is 1. The minimum atomic E-state index is 0.770. The standard InChI is InChI=1S/C7H5NOS2/c8-6-2-4-1-5(3-9)10-7(4)11-6/h1-3H,8H2. The summed E-state index contributed by atoms with van der Waals surface area (Å²) in [6.07, 6.45) is 0.869. The molecule has 0 aromatic carbocycles. The van der Waals surface area contributed by atoms with Crippen molar-refractivity contribution in [1.82, 2.24) is 0 Å². The second-order valence-corrected chi connectivity index (χ2v) is 4.58. The number of fused-ring (bicyclic) bond motifs is 1. The van der Waals surface area contributed by atoms with E-state index in [1.807, 2.05) is 12.1 Å². The molecule has 0 atom stereocenters. The summed E-state index contributed by atoms with van der Waals surface area (Å²) in [5, 5.41) is 1.89. The van der Waals surface area contributed by atoms with Crippen molar-refractivity contribution in [2.24, 2.45) is 0 Å². The maximum Gasteiger partial charge on any atom is 0.160 e. The van der Waals surface area contributed by atoms with Gasteiger partial charge in [-0.2, -0.15) is 0 Å². The zero-order valence-corrected chi connectivity index (χ0v) is 7.17. The molecule has 2 nitrogen and oxygen atoms in total. The van der Waals surface area contributed by atoms with E-state index in [0.717, 1.165) is 25.6 Å². The number of anilines is 1. The molecule has 0 unspecified atom stereocenters. The van der Waals surface area contributed by atoms with Gasteiger partial charge in [-0.3, -0.25) is 4.79 Å². The molecule has 0 amide bonds. The maximum atomic E-state index is 10.3. The Kier molecular flexibility index (Phi) is 1.44. The maximum absolute atomic E-state index is 10.3. The number of carbonyl (C=O) groups excluding carboxylic acids is 1. The van der Waals surface area contributed by atoms with Gasteiger partial charge in [-0.05, 0) is 12.1 Å². The van der Waals surface area contributed by atoms with Crippen LogP contribution in [0.15, 0.2) is 12.1 Å². The molecule has 2 N–H and O–H groups in total. The molecule has 0 aliphatic carbocycles. The van der Waals surface area contributed by atoms with Crippen LogP contribution < -0.4 is 5.73 Å². The third-order valence-corrected chi connectivity index (χ3v) is 3.51. The van der Waals surface area contributed by atoms with Crippen molar-refractivity contribution in [2.45, 2.75) is 0 Å². The zero-order valence-electron chi connectivity index (χ0n) is 5.53. The van der Waals surface area contributed by atoms with E-state index in [9.17, 15) is 4.79 Å². The fourth-order valence-electron chi connectivity index (χ4n) is 0.936. The summed E-state index contributed by atoms with van der Waals surface area (Å²) < 4.78 is 1.13. The normalized spacial score (nSPS) is 10.5. The molecular formula is C7H5NOS2. The third kappa shape index (κ3) is 1.04. The predicted octanol–water partition coefficient (Wildman–Crippen LogP) is 2.36. The molecule has 0 radical (unpaired) electrons. The summed E-state index contributed by atoms with van der Waals surface area (Å²) in [4.78, 5) is 11.1. The molecule has 2 aromatic heterocycles. The summed E-state index contributed by atoms with van der Waals surface area (Å²) >= 11 is 3.01. The minimum Gasteiger partial charge on any atom is -0.391 e. The molecule has 0 fully saturated rings. The molecular weight excluding hydrogens is 178 g/mol. The van der Waals surface area contributed by atoms with E-state index in [1.165, 1.54) is 22.7 Å². The van der Waals surface area contributed by atoms with Gasteiger partial charge in [0.05, 0.1) is 13.9 Å². The van der Waals surface area contributed by atoms with Crippen molar-refractivity contribution in [3.05, 3.63) is 17.0 Å². The third-order valence-electron chi connectivity index (χ3n) is 1.37. The van der Waals surface area contributed by atoms with Crippen LogP contribution in [0.25, 0.3) is 9.40 Å². The number of nitrogen functional groups attached to an aromatic ring is 1. The van der Waals surface area contributed by atoms with Crippen LogP contribution in [0.3, 0.4) is 0 Å². The Labute approximate surface area is 71.3 Å². The first-order chi connectivity index (χ1) is 5.29. The second-order valence-electron chi connectivity index (χ2n) is 2.16. The Morgan fingerprint density at radius 1 is 1.36 bits per heavy atom. The van der Waals surface area contributed by atoms with Gasteiger partial charge in [0.1, 0.15) is 0 Å². The number of thiophene rings is 2. The Balaban J connectivity index is 2.72. The first-order valence-electron chi connectivity index (χ1n) is 3.03. The highest BCUT2D eigenvalue weighted by Crippen LogP contribution is 2.33. The Morgan fingerprint density at radius 2 is 2.18 bits per heavy atom. The molecule has 0 bridgehead atoms. The summed E-state index contributed by atoms with van der Waals surface area (Å²) in [6.45, 7) is 0. The lowest BCUT2D eigenvalue weighted by Crippen LogP contribution is -1.73. The number of hydrogen-bond acceptors (Lipinski definition) is 4. The van der Waals surface area contributed by atoms with Crippen molar-refractivity contribution in [2.75, 3.05) is 5.73 Å². The molecule has 4 heteroatoms. The molecule has 0 aliphatic heterocycles. The molecule has 2 rings (SSSR count). The molecule has 0 spiro atoms. The quantitative estimate of drug-likeness (QED) is 0.690.